The molecule has 0 aromatic rings. The average molecular weight is 194 g/mol. The van der Waals surface area contributed by atoms with Gasteiger partial charge in [0.25, 0.3) is 0 Å². The largest absolute Gasteiger partial charge is 0.0599 e. The Morgan fingerprint density at radius 3 is 1.71 bits per heavy atom. The first kappa shape index (κ1) is 10.5. The van der Waals surface area contributed by atoms with Gasteiger partial charge in [-0.3, -0.25) is 0 Å². The number of hydrogen-bond donors (Lipinski definition) is 0. The Hall–Kier alpha value is 0. The van der Waals surface area contributed by atoms with Gasteiger partial charge in [0.15, 0.2) is 0 Å². The van der Waals surface area contributed by atoms with E-state index in [4.69, 9.17) is 0 Å². The maximum Gasteiger partial charge on any atom is -0.0241 e. The van der Waals surface area contributed by atoms with Crippen LogP contribution in [0.2, 0.25) is 0 Å². The first-order chi connectivity index (χ1) is 6.37. The monoisotopic (exact) mass is 194 g/mol. The van der Waals surface area contributed by atoms with Gasteiger partial charge in [-0.1, -0.05) is 47.0 Å². The summed E-state index contributed by atoms with van der Waals surface area (Å²) in [6.45, 7) is 9.98. The van der Waals surface area contributed by atoms with Crippen LogP contribution in [0.4, 0.5) is 0 Å². The minimum Gasteiger partial charge on any atom is -0.0599 e. The average Bonchev–Trinajstić information content (AvgIpc) is 2.18. The zero-order valence-corrected chi connectivity index (χ0v) is 10.4. The normalized spacial score (nSPS) is 33.4. The van der Waals surface area contributed by atoms with Crippen molar-refractivity contribution in [3.63, 3.8) is 0 Å². The van der Waals surface area contributed by atoms with E-state index in [0.29, 0.717) is 16.2 Å². The van der Waals surface area contributed by atoms with Crippen molar-refractivity contribution in [1.82, 2.24) is 0 Å². The van der Waals surface area contributed by atoms with Crippen LogP contribution in [0.3, 0.4) is 0 Å². The van der Waals surface area contributed by atoms with Gasteiger partial charge in [-0.05, 0) is 41.9 Å². The Bertz CT molecular complexity index is 216. The molecular weight excluding hydrogens is 168 g/mol. The molecule has 0 aromatic heterocycles. The highest BCUT2D eigenvalue weighted by atomic mass is 14.6. The van der Waals surface area contributed by atoms with Gasteiger partial charge < -0.3 is 0 Å². The standard InChI is InChI=1S/C14H26/c1-12(2)10-13(3,4)14(11-12)8-6-5-7-9-14/h5-11H2,1-4H3. The van der Waals surface area contributed by atoms with Gasteiger partial charge in [0, 0.05) is 0 Å². The molecule has 0 unspecified atom stereocenters. The fraction of sp³-hybridized carbons (Fsp3) is 1.00. The minimum atomic E-state index is 0.594. The fourth-order valence-corrected chi connectivity index (χ4v) is 4.68. The Balaban J connectivity index is 2.25. The maximum atomic E-state index is 2.52. The van der Waals surface area contributed by atoms with E-state index < -0.39 is 0 Å². The summed E-state index contributed by atoms with van der Waals surface area (Å²) in [5.41, 5.74) is 1.90. The van der Waals surface area contributed by atoms with Crippen molar-refractivity contribution in [1.29, 1.82) is 0 Å². The zero-order valence-electron chi connectivity index (χ0n) is 10.4. The highest BCUT2D eigenvalue weighted by molar-refractivity contribution is 5.05. The van der Waals surface area contributed by atoms with Gasteiger partial charge in [0.1, 0.15) is 0 Å². The van der Waals surface area contributed by atoms with Crippen LogP contribution in [-0.4, -0.2) is 0 Å². The molecule has 0 atom stereocenters. The Kier molecular flexibility index (Phi) is 2.25. The van der Waals surface area contributed by atoms with Gasteiger partial charge in [0.2, 0.25) is 0 Å². The minimum absolute atomic E-state index is 0.594. The van der Waals surface area contributed by atoms with Crippen molar-refractivity contribution in [3.8, 4) is 0 Å². The molecule has 0 N–H and O–H groups in total. The zero-order chi connectivity index (χ0) is 10.4. The third-order valence-corrected chi connectivity index (χ3v) is 4.98. The summed E-state index contributed by atoms with van der Waals surface area (Å²) in [6.07, 6.45) is 10.4. The van der Waals surface area contributed by atoms with Crippen molar-refractivity contribution in [2.75, 3.05) is 0 Å². The summed E-state index contributed by atoms with van der Waals surface area (Å²) in [4.78, 5) is 0. The van der Waals surface area contributed by atoms with Gasteiger partial charge >= 0.3 is 0 Å². The molecule has 2 rings (SSSR count). The summed E-state index contributed by atoms with van der Waals surface area (Å²) in [5.74, 6) is 0. The second-order valence-corrected chi connectivity index (χ2v) is 7.24. The topological polar surface area (TPSA) is 0 Å². The molecule has 0 nitrogen and oxygen atoms in total. The lowest BCUT2D eigenvalue weighted by Gasteiger charge is -2.44. The van der Waals surface area contributed by atoms with Gasteiger partial charge in [-0.25, -0.2) is 0 Å². The fourth-order valence-electron chi connectivity index (χ4n) is 4.68. The van der Waals surface area contributed by atoms with Crippen LogP contribution in [0.25, 0.3) is 0 Å². The molecule has 0 heteroatoms. The maximum absolute atomic E-state index is 2.52. The lowest BCUT2D eigenvalue weighted by molar-refractivity contribution is 0.0586. The molecule has 2 fully saturated rings. The van der Waals surface area contributed by atoms with E-state index in [2.05, 4.69) is 27.7 Å². The molecule has 14 heavy (non-hydrogen) atoms. The molecule has 1 spiro atoms. The molecular formula is C14H26. The summed E-state index contributed by atoms with van der Waals surface area (Å²) < 4.78 is 0. The van der Waals surface area contributed by atoms with Crippen LogP contribution in [0, 0.1) is 16.2 Å². The van der Waals surface area contributed by atoms with Crippen LogP contribution in [0.15, 0.2) is 0 Å². The molecule has 0 aromatic carbocycles. The van der Waals surface area contributed by atoms with Crippen LogP contribution in [-0.2, 0) is 0 Å². The molecule has 0 saturated heterocycles. The van der Waals surface area contributed by atoms with E-state index in [1.807, 2.05) is 0 Å². The quantitative estimate of drug-likeness (QED) is 0.520. The van der Waals surface area contributed by atoms with Crippen molar-refractivity contribution in [2.45, 2.75) is 72.6 Å². The third kappa shape index (κ3) is 1.51. The van der Waals surface area contributed by atoms with E-state index >= 15 is 0 Å². The number of rotatable bonds is 0. The number of hydrogen-bond acceptors (Lipinski definition) is 0. The predicted octanol–water partition coefficient (Wildman–Crippen LogP) is 4.78. The SMILES string of the molecule is CC1(C)CC(C)(C)C2(CCCCC2)C1. The van der Waals surface area contributed by atoms with Crippen molar-refractivity contribution >= 4 is 0 Å². The van der Waals surface area contributed by atoms with Crippen LogP contribution in [0.5, 0.6) is 0 Å². The van der Waals surface area contributed by atoms with E-state index in [1.54, 1.807) is 0 Å². The molecule has 82 valence electrons. The molecule has 0 heterocycles. The van der Waals surface area contributed by atoms with Crippen molar-refractivity contribution in [2.24, 2.45) is 16.2 Å². The first-order valence-electron chi connectivity index (χ1n) is 6.37. The highest BCUT2D eigenvalue weighted by Gasteiger charge is 2.54. The van der Waals surface area contributed by atoms with Crippen LogP contribution < -0.4 is 0 Å². The summed E-state index contributed by atoms with van der Waals surface area (Å²) in [7, 11) is 0. The molecule has 0 bridgehead atoms. The summed E-state index contributed by atoms with van der Waals surface area (Å²) in [6, 6.07) is 0. The first-order valence-corrected chi connectivity index (χ1v) is 6.37. The second-order valence-electron chi connectivity index (χ2n) is 7.24. The second kappa shape index (κ2) is 3.00. The lowest BCUT2D eigenvalue weighted by Crippen LogP contribution is -2.34. The van der Waals surface area contributed by atoms with Gasteiger partial charge in [-0.2, -0.15) is 0 Å². The van der Waals surface area contributed by atoms with Gasteiger partial charge in [-0.15, -0.1) is 0 Å². The van der Waals surface area contributed by atoms with Crippen LogP contribution >= 0.6 is 0 Å². The summed E-state index contributed by atoms with van der Waals surface area (Å²) in [5, 5.41) is 0. The van der Waals surface area contributed by atoms with Crippen molar-refractivity contribution < 1.29 is 0 Å². The van der Waals surface area contributed by atoms with E-state index in [9.17, 15) is 0 Å². The molecule has 0 amide bonds. The Labute approximate surface area is 89.5 Å². The third-order valence-electron chi connectivity index (χ3n) is 4.98. The van der Waals surface area contributed by atoms with E-state index in [-0.39, 0.29) is 0 Å². The molecule has 0 aliphatic heterocycles. The van der Waals surface area contributed by atoms with Gasteiger partial charge in [0.05, 0.1) is 0 Å². The van der Waals surface area contributed by atoms with E-state index in [0.717, 1.165) is 0 Å². The molecule has 2 aliphatic carbocycles. The van der Waals surface area contributed by atoms with E-state index in [1.165, 1.54) is 44.9 Å². The van der Waals surface area contributed by atoms with Crippen LogP contribution in [0.1, 0.15) is 72.6 Å². The molecule has 2 aliphatic rings. The highest BCUT2D eigenvalue weighted by Crippen LogP contribution is 2.65. The predicted molar refractivity (Wildman–Crippen MR) is 62.3 cm³/mol. The smallest absolute Gasteiger partial charge is 0.0241 e. The Morgan fingerprint density at radius 2 is 1.29 bits per heavy atom. The molecule has 0 radical (unpaired) electrons. The van der Waals surface area contributed by atoms with Crippen molar-refractivity contribution in [3.05, 3.63) is 0 Å². The molecule has 2 saturated carbocycles. The Morgan fingerprint density at radius 1 is 0.714 bits per heavy atom. The lowest BCUT2D eigenvalue weighted by atomic mass is 9.60. The summed E-state index contributed by atoms with van der Waals surface area (Å²) >= 11 is 0.